The highest BCUT2D eigenvalue weighted by molar-refractivity contribution is 4.88. The summed E-state index contributed by atoms with van der Waals surface area (Å²) in [7, 11) is 5.56. The average molecular weight is 175 g/mol. The quantitative estimate of drug-likeness (QED) is 0.668. The van der Waals surface area contributed by atoms with Gasteiger partial charge in [-0.2, -0.15) is 0 Å². The maximum absolute atomic E-state index is 9.77. The van der Waals surface area contributed by atoms with E-state index in [0.29, 0.717) is 6.61 Å². The minimum atomic E-state index is -0.428. The van der Waals surface area contributed by atoms with Crippen molar-refractivity contribution in [3.8, 4) is 0 Å². The Bertz CT molecular complexity index is 128. The zero-order valence-electron chi connectivity index (χ0n) is 8.79. The number of nitrogens with zero attached hydrogens (tertiary/aromatic N) is 1. The van der Waals surface area contributed by atoms with Crippen molar-refractivity contribution in [3.63, 3.8) is 0 Å². The van der Waals surface area contributed by atoms with Crippen molar-refractivity contribution >= 4 is 0 Å². The summed E-state index contributed by atoms with van der Waals surface area (Å²) < 4.78 is 4.93. The molecule has 1 N–H and O–H groups in total. The molecule has 0 aliphatic heterocycles. The third kappa shape index (κ3) is 2.44. The summed E-state index contributed by atoms with van der Waals surface area (Å²) in [6.07, 6.45) is 0.479. The molecule has 0 bridgehead atoms. The summed E-state index contributed by atoms with van der Waals surface area (Å²) in [6, 6.07) is 0. The Morgan fingerprint density at radius 1 is 1.50 bits per heavy atom. The molecule has 0 aromatic rings. The zero-order valence-corrected chi connectivity index (χ0v) is 8.79. The summed E-state index contributed by atoms with van der Waals surface area (Å²) in [4.78, 5) is 2.04. The fourth-order valence-electron chi connectivity index (χ4n) is 1.19. The third-order valence-corrected chi connectivity index (χ3v) is 2.78. The van der Waals surface area contributed by atoms with Gasteiger partial charge >= 0.3 is 0 Å². The van der Waals surface area contributed by atoms with Gasteiger partial charge in [0.25, 0.3) is 0 Å². The molecule has 0 radical (unpaired) electrons. The van der Waals surface area contributed by atoms with Gasteiger partial charge in [0, 0.05) is 12.6 Å². The minimum Gasteiger partial charge on any atom is -0.389 e. The smallest absolute Gasteiger partial charge is 0.0953 e. The summed E-state index contributed by atoms with van der Waals surface area (Å²) >= 11 is 0. The number of hydrogen-bond donors (Lipinski definition) is 1. The molecule has 3 heteroatoms. The Kier molecular flexibility index (Phi) is 4.75. The Morgan fingerprint density at radius 2 is 2.00 bits per heavy atom. The number of hydrogen-bond acceptors (Lipinski definition) is 3. The van der Waals surface area contributed by atoms with E-state index in [1.54, 1.807) is 7.11 Å². The van der Waals surface area contributed by atoms with E-state index >= 15 is 0 Å². The Morgan fingerprint density at radius 3 is 2.25 bits per heavy atom. The first-order chi connectivity index (χ1) is 5.49. The van der Waals surface area contributed by atoms with Crippen LogP contribution in [0.25, 0.3) is 0 Å². The largest absolute Gasteiger partial charge is 0.389 e. The molecule has 0 heterocycles. The summed E-state index contributed by atoms with van der Waals surface area (Å²) in [5.74, 6) is 0. The van der Waals surface area contributed by atoms with E-state index in [2.05, 4.69) is 6.92 Å². The van der Waals surface area contributed by atoms with Crippen LogP contribution in [-0.4, -0.2) is 49.5 Å². The molecule has 0 aromatic carbocycles. The van der Waals surface area contributed by atoms with Crippen LogP contribution in [0.15, 0.2) is 0 Å². The lowest BCUT2D eigenvalue weighted by atomic mass is 9.91. The van der Waals surface area contributed by atoms with Gasteiger partial charge in [-0.15, -0.1) is 0 Å². The van der Waals surface area contributed by atoms with Gasteiger partial charge in [0.2, 0.25) is 0 Å². The molecule has 74 valence electrons. The normalized spacial score (nSPS) is 19.2. The Hall–Kier alpha value is -0.120. The fraction of sp³-hybridized carbons (Fsp3) is 1.00. The van der Waals surface area contributed by atoms with Crippen LogP contribution in [0.1, 0.15) is 20.3 Å². The molecular formula is C9H21NO2. The number of likely N-dealkylation sites (N-methyl/N-ethyl adjacent to an activating group) is 1. The fourth-order valence-corrected chi connectivity index (χ4v) is 1.19. The molecule has 0 saturated heterocycles. The van der Waals surface area contributed by atoms with Crippen LogP contribution in [0.3, 0.4) is 0 Å². The molecule has 0 aliphatic rings. The highest BCUT2D eigenvalue weighted by atomic mass is 16.5. The third-order valence-electron chi connectivity index (χ3n) is 2.78. The molecule has 0 spiro atoms. The number of rotatable bonds is 5. The van der Waals surface area contributed by atoms with Gasteiger partial charge in [-0.25, -0.2) is 0 Å². The second-order valence-corrected chi connectivity index (χ2v) is 3.58. The van der Waals surface area contributed by atoms with Gasteiger partial charge in [0.15, 0.2) is 0 Å². The van der Waals surface area contributed by atoms with Gasteiger partial charge < -0.3 is 14.7 Å². The van der Waals surface area contributed by atoms with E-state index in [9.17, 15) is 5.11 Å². The Labute approximate surface area is 75.3 Å². The molecule has 0 fully saturated rings. The monoisotopic (exact) mass is 175 g/mol. The van der Waals surface area contributed by atoms with Crippen molar-refractivity contribution in [2.75, 3.05) is 27.8 Å². The molecule has 0 amide bonds. The predicted molar refractivity (Wildman–Crippen MR) is 50.3 cm³/mol. The van der Waals surface area contributed by atoms with E-state index in [-0.39, 0.29) is 5.54 Å². The SMILES string of the molecule is CCC(C)(C(O)COC)N(C)C. The van der Waals surface area contributed by atoms with Crippen molar-refractivity contribution in [1.82, 2.24) is 4.90 Å². The van der Waals surface area contributed by atoms with Gasteiger partial charge in [0.05, 0.1) is 12.7 Å². The van der Waals surface area contributed by atoms with Crippen molar-refractivity contribution in [2.24, 2.45) is 0 Å². The maximum atomic E-state index is 9.77. The highest BCUT2D eigenvalue weighted by Crippen LogP contribution is 2.20. The minimum absolute atomic E-state index is 0.185. The average Bonchev–Trinajstić information content (AvgIpc) is 2.03. The van der Waals surface area contributed by atoms with Gasteiger partial charge in [-0.05, 0) is 27.4 Å². The lowest BCUT2D eigenvalue weighted by Gasteiger charge is -2.39. The van der Waals surface area contributed by atoms with E-state index in [0.717, 1.165) is 6.42 Å². The van der Waals surface area contributed by atoms with E-state index in [1.165, 1.54) is 0 Å². The lowest BCUT2D eigenvalue weighted by Crippen LogP contribution is -2.52. The number of aliphatic hydroxyl groups is 1. The molecular weight excluding hydrogens is 154 g/mol. The van der Waals surface area contributed by atoms with Crippen LogP contribution in [-0.2, 0) is 4.74 Å². The topological polar surface area (TPSA) is 32.7 Å². The molecule has 2 atom stereocenters. The zero-order chi connectivity index (χ0) is 9.78. The highest BCUT2D eigenvalue weighted by Gasteiger charge is 2.33. The van der Waals surface area contributed by atoms with Crippen molar-refractivity contribution in [2.45, 2.75) is 31.9 Å². The first kappa shape index (κ1) is 11.9. The number of methoxy groups -OCH3 is 1. The summed E-state index contributed by atoms with van der Waals surface area (Å²) in [5, 5.41) is 9.77. The molecule has 2 unspecified atom stereocenters. The Balaban J connectivity index is 4.29. The molecule has 0 saturated carbocycles. The van der Waals surface area contributed by atoms with Crippen LogP contribution < -0.4 is 0 Å². The van der Waals surface area contributed by atoms with Crippen LogP contribution >= 0.6 is 0 Å². The van der Waals surface area contributed by atoms with E-state index < -0.39 is 6.10 Å². The molecule has 0 aliphatic carbocycles. The second-order valence-electron chi connectivity index (χ2n) is 3.58. The molecule has 3 nitrogen and oxygen atoms in total. The van der Waals surface area contributed by atoms with Crippen LogP contribution in [0.4, 0.5) is 0 Å². The van der Waals surface area contributed by atoms with Crippen LogP contribution in [0, 0.1) is 0 Å². The van der Waals surface area contributed by atoms with Crippen molar-refractivity contribution in [3.05, 3.63) is 0 Å². The van der Waals surface area contributed by atoms with Gasteiger partial charge in [-0.1, -0.05) is 6.92 Å². The standard InChI is InChI=1S/C9H21NO2/c1-6-9(2,10(3)4)8(11)7-12-5/h8,11H,6-7H2,1-5H3. The molecule has 12 heavy (non-hydrogen) atoms. The van der Waals surface area contributed by atoms with Crippen LogP contribution in [0.5, 0.6) is 0 Å². The van der Waals surface area contributed by atoms with Gasteiger partial charge in [-0.3, -0.25) is 0 Å². The molecule has 0 aromatic heterocycles. The lowest BCUT2D eigenvalue weighted by molar-refractivity contribution is -0.0404. The van der Waals surface area contributed by atoms with Crippen molar-refractivity contribution in [1.29, 1.82) is 0 Å². The number of ether oxygens (including phenoxy) is 1. The summed E-state index contributed by atoms with van der Waals surface area (Å²) in [5.41, 5.74) is -0.185. The van der Waals surface area contributed by atoms with Gasteiger partial charge in [0.1, 0.15) is 0 Å². The van der Waals surface area contributed by atoms with E-state index in [1.807, 2.05) is 25.9 Å². The second kappa shape index (κ2) is 4.80. The van der Waals surface area contributed by atoms with E-state index in [4.69, 9.17) is 4.74 Å². The summed E-state index contributed by atoms with van der Waals surface area (Å²) in [6.45, 7) is 4.50. The van der Waals surface area contributed by atoms with Crippen LogP contribution in [0.2, 0.25) is 0 Å². The van der Waals surface area contributed by atoms with Crippen molar-refractivity contribution < 1.29 is 9.84 Å². The first-order valence-electron chi connectivity index (χ1n) is 4.33. The molecule has 0 rings (SSSR count). The first-order valence-corrected chi connectivity index (χ1v) is 4.33. The maximum Gasteiger partial charge on any atom is 0.0953 e. The predicted octanol–water partition coefficient (Wildman–Crippen LogP) is 0.724. The number of aliphatic hydroxyl groups excluding tert-OH is 1.